The lowest BCUT2D eigenvalue weighted by Gasteiger charge is -2.34. The van der Waals surface area contributed by atoms with E-state index in [1.165, 1.54) is 5.56 Å². The highest BCUT2D eigenvalue weighted by atomic mass is 16.2. The number of aryl methyl sites for hydroxylation is 2. The second kappa shape index (κ2) is 9.30. The molecular weight excluding hydrogens is 376 g/mol. The number of carbonyl (C=O) groups excluding carboxylic acids is 2. The fourth-order valence-corrected chi connectivity index (χ4v) is 3.86. The third-order valence-electron chi connectivity index (χ3n) is 5.56. The molecule has 0 bridgehead atoms. The molecule has 1 aliphatic heterocycles. The van der Waals surface area contributed by atoms with Crippen molar-refractivity contribution < 1.29 is 9.59 Å². The highest BCUT2D eigenvalue weighted by Gasteiger charge is 2.23. The van der Waals surface area contributed by atoms with E-state index in [-0.39, 0.29) is 11.8 Å². The van der Waals surface area contributed by atoms with Gasteiger partial charge in [0.15, 0.2) is 0 Å². The van der Waals surface area contributed by atoms with Gasteiger partial charge in [-0.25, -0.2) is 0 Å². The first-order chi connectivity index (χ1) is 14.3. The number of benzene rings is 1. The van der Waals surface area contributed by atoms with E-state index in [0.29, 0.717) is 32.7 Å². The molecule has 6 heteroatoms. The van der Waals surface area contributed by atoms with Crippen LogP contribution in [0.4, 0.5) is 0 Å². The molecule has 2 amide bonds. The molecule has 0 radical (unpaired) electrons. The summed E-state index contributed by atoms with van der Waals surface area (Å²) in [6.07, 6.45) is 3.55. The Bertz CT molecular complexity index is 933. The van der Waals surface area contributed by atoms with Crippen molar-refractivity contribution in [3.05, 3.63) is 58.9 Å². The van der Waals surface area contributed by atoms with E-state index in [4.69, 9.17) is 0 Å². The first-order valence-electron chi connectivity index (χ1n) is 10.4. The Labute approximate surface area is 179 Å². The van der Waals surface area contributed by atoms with Crippen LogP contribution in [0.5, 0.6) is 0 Å². The summed E-state index contributed by atoms with van der Waals surface area (Å²) in [5.74, 6) is 0.112. The number of likely N-dealkylation sites (N-methyl/N-ethyl adjacent to an activating group) is 1. The van der Waals surface area contributed by atoms with Crippen LogP contribution in [-0.4, -0.2) is 77.9 Å². The van der Waals surface area contributed by atoms with Gasteiger partial charge in [-0.3, -0.25) is 9.59 Å². The number of amides is 2. The highest BCUT2D eigenvalue weighted by Crippen LogP contribution is 2.22. The van der Waals surface area contributed by atoms with Gasteiger partial charge in [-0.1, -0.05) is 17.7 Å². The number of rotatable bonds is 5. The van der Waals surface area contributed by atoms with Crippen LogP contribution in [0.25, 0.3) is 11.8 Å². The van der Waals surface area contributed by atoms with Crippen LogP contribution in [0.3, 0.4) is 0 Å². The standard InChI is InChI=1S/C24H32N4O2/c1-18-6-9-22(10-7-18)28-19(2)16-21(20(28)3)8-11-23(29)26-12-14-27(15-13-26)24(30)17-25(4)5/h6-11,16H,12-15,17H2,1-5H3/b11-8+. The van der Waals surface area contributed by atoms with Crippen LogP contribution >= 0.6 is 0 Å². The summed E-state index contributed by atoms with van der Waals surface area (Å²) in [6, 6.07) is 10.6. The molecule has 2 heterocycles. The van der Waals surface area contributed by atoms with E-state index in [9.17, 15) is 9.59 Å². The number of aromatic nitrogens is 1. The minimum absolute atomic E-state index is 0.00477. The Hall–Kier alpha value is -2.86. The predicted molar refractivity (Wildman–Crippen MR) is 121 cm³/mol. The van der Waals surface area contributed by atoms with Gasteiger partial charge in [0.2, 0.25) is 11.8 Å². The van der Waals surface area contributed by atoms with Gasteiger partial charge in [0, 0.05) is 49.3 Å². The molecule has 0 N–H and O–H groups in total. The molecule has 0 aliphatic carbocycles. The summed E-state index contributed by atoms with van der Waals surface area (Å²) in [7, 11) is 3.77. The van der Waals surface area contributed by atoms with Crippen molar-refractivity contribution in [2.75, 3.05) is 46.8 Å². The van der Waals surface area contributed by atoms with Crippen LogP contribution < -0.4 is 0 Å². The Morgan fingerprint density at radius 1 is 0.967 bits per heavy atom. The molecule has 1 aromatic heterocycles. The van der Waals surface area contributed by atoms with Crippen molar-refractivity contribution in [2.24, 2.45) is 0 Å². The van der Waals surface area contributed by atoms with Gasteiger partial charge in [0.25, 0.3) is 0 Å². The van der Waals surface area contributed by atoms with Gasteiger partial charge in [0.05, 0.1) is 6.54 Å². The second-order valence-corrected chi connectivity index (χ2v) is 8.27. The fraction of sp³-hybridized carbons (Fsp3) is 0.417. The van der Waals surface area contributed by atoms with Crippen LogP contribution in [0.1, 0.15) is 22.5 Å². The van der Waals surface area contributed by atoms with Crippen LogP contribution in [0.15, 0.2) is 36.4 Å². The molecule has 2 aromatic rings. The van der Waals surface area contributed by atoms with Gasteiger partial charge < -0.3 is 19.3 Å². The Kier molecular flexibility index (Phi) is 6.77. The highest BCUT2D eigenvalue weighted by molar-refractivity contribution is 5.92. The predicted octanol–water partition coefficient (Wildman–Crippen LogP) is 2.65. The third kappa shape index (κ3) is 5.00. The van der Waals surface area contributed by atoms with E-state index in [2.05, 4.69) is 55.7 Å². The van der Waals surface area contributed by atoms with Crippen molar-refractivity contribution in [1.29, 1.82) is 0 Å². The molecule has 3 rings (SSSR count). The molecule has 0 spiro atoms. The van der Waals surface area contributed by atoms with Gasteiger partial charge in [-0.05, 0) is 64.7 Å². The summed E-state index contributed by atoms with van der Waals surface area (Å²) in [5.41, 5.74) is 5.65. The minimum atomic E-state index is -0.00477. The lowest BCUT2D eigenvalue weighted by molar-refractivity contribution is -0.137. The summed E-state index contributed by atoms with van der Waals surface area (Å²) in [5, 5.41) is 0. The van der Waals surface area contributed by atoms with E-state index < -0.39 is 0 Å². The number of nitrogens with zero attached hydrogens (tertiary/aromatic N) is 4. The minimum Gasteiger partial charge on any atom is -0.338 e. The van der Waals surface area contributed by atoms with Gasteiger partial charge >= 0.3 is 0 Å². The van der Waals surface area contributed by atoms with Crippen LogP contribution in [0.2, 0.25) is 0 Å². The molecule has 1 fully saturated rings. The monoisotopic (exact) mass is 408 g/mol. The smallest absolute Gasteiger partial charge is 0.246 e. The Balaban J connectivity index is 1.64. The van der Waals surface area contributed by atoms with Crippen molar-refractivity contribution in [1.82, 2.24) is 19.3 Å². The number of hydrogen-bond acceptors (Lipinski definition) is 3. The van der Waals surface area contributed by atoms with Crippen LogP contribution in [-0.2, 0) is 9.59 Å². The Morgan fingerprint density at radius 2 is 1.57 bits per heavy atom. The molecule has 1 aliphatic rings. The first kappa shape index (κ1) is 21.8. The molecule has 6 nitrogen and oxygen atoms in total. The zero-order valence-electron chi connectivity index (χ0n) is 18.7. The molecule has 0 saturated carbocycles. The van der Waals surface area contributed by atoms with Crippen molar-refractivity contribution >= 4 is 17.9 Å². The average Bonchev–Trinajstić information content (AvgIpc) is 3.00. The second-order valence-electron chi connectivity index (χ2n) is 8.27. The largest absolute Gasteiger partial charge is 0.338 e. The molecule has 30 heavy (non-hydrogen) atoms. The van der Waals surface area contributed by atoms with Gasteiger partial charge in [-0.2, -0.15) is 0 Å². The molecular formula is C24H32N4O2. The van der Waals surface area contributed by atoms with E-state index in [1.54, 1.807) is 6.08 Å². The summed E-state index contributed by atoms with van der Waals surface area (Å²) in [4.78, 5) is 30.3. The topological polar surface area (TPSA) is 48.8 Å². The molecule has 160 valence electrons. The van der Waals surface area contributed by atoms with Gasteiger partial charge in [0.1, 0.15) is 0 Å². The molecule has 1 saturated heterocycles. The maximum Gasteiger partial charge on any atom is 0.246 e. The number of hydrogen-bond donors (Lipinski definition) is 0. The van der Waals surface area contributed by atoms with Crippen molar-refractivity contribution in [3.63, 3.8) is 0 Å². The SMILES string of the molecule is Cc1ccc(-n2c(C)cc(/C=C/C(=O)N3CCN(C(=O)CN(C)C)CC3)c2C)cc1. The van der Waals surface area contributed by atoms with Crippen molar-refractivity contribution in [3.8, 4) is 5.69 Å². The quantitative estimate of drug-likeness (QED) is 0.715. The van der Waals surface area contributed by atoms with E-state index in [1.807, 2.05) is 34.9 Å². The first-order valence-corrected chi connectivity index (χ1v) is 10.4. The number of piperazine rings is 1. The van der Waals surface area contributed by atoms with Crippen LogP contribution in [0, 0.1) is 20.8 Å². The molecule has 0 atom stereocenters. The van der Waals surface area contributed by atoms with E-state index >= 15 is 0 Å². The zero-order chi connectivity index (χ0) is 21.8. The fourth-order valence-electron chi connectivity index (χ4n) is 3.86. The maximum absolute atomic E-state index is 12.7. The molecule has 1 aromatic carbocycles. The zero-order valence-corrected chi connectivity index (χ0v) is 18.7. The maximum atomic E-state index is 12.7. The summed E-state index contributed by atoms with van der Waals surface area (Å²) in [6.45, 7) is 8.97. The molecule has 0 unspecified atom stereocenters. The normalized spacial score (nSPS) is 14.7. The summed E-state index contributed by atoms with van der Waals surface area (Å²) >= 11 is 0. The average molecular weight is 409 g/mol. The summed E-state index contributed by atoms with van der Waals surface area (Å²) < 4.78 is 2.21. The lowest BCUT2D eigenvalue weighted by atomic mass is 10.2. The van der Waals surface area contributed by atoms with Gasteiger partial charge in [-0.15, -0.1) is 0 Å². The Morgan fingerprint density at radius 3 is 2.17 bits per heavy atom. The number of carbonyl (C=O) groups is 2. The lowest BCUT2D eigenvalue weighted by Crippen LogP contribution is -2.51. The third-order valence-corrected chi connectivity index (χ3v) is 5.56. The van der Waals surface area contributed by atoms with E-state index in [0.717, 1.165) is 22.6 Å². The van der Waals surface area contributed by atoms with Crippen molar-refractivity contribution in [2.45, 2.75) is 20.8 Å².